The number of hydrogen-bond acceptors (Lipinski definition) is 6. The summed E-state index contributed by atoms with van der Waals surface area (Å²) in [5.74, 6) is 0.273. The first-order valence-corrected chi connectivity index (χ1v) is 9.28. The lowest BCUT2D eigenvalue weighted by molar-refractivity contribution is -0.117. The van der Waals surface area contributed by atoms with Gasteiger partial charge < -0.3 is 20.6 Å². The van der Waals surface area contributed by atoms with E-state index in [1.807, 2.05) is 31.2 Å². The van der Waals surface area contributed by atoms with Gasteiger partial charge in [0.2, 0.25) is 5.91 Å². The zero-order chi connectivity index (χ0) is 19.6. The van der Waals surface area contributed by atoms with E-state index in [-0.39, 0.29) is 11.6 Å². The predicted octanol–water partition coefficient (Wildman–Crippen LogP) is 1.45. The minimum absolute atomic E-state index is 0.0406. The summed E-state index contributed by atoms with van der Waals surface area (Å²) in [5, 5.41) is 15.4. The Balaban J connectivity index is 1.68. The first-order valence-electron chi connectivity index (χ1n) is 9.28. The Morgan fingerprint density at radius 2 is 1.96 bits per heavy atom. The number of rotatable bonds is 8. The molecule has 7 heteroatoms. The van der Waals surface area contributed by atoms with Crippen LogP contribution < -0.4 is 26.4 Å². The van der Waals surface area contributed by atoms with Crippen LogP contribution in [-0.2, 0) is 11.3 Å². The average Bonchev–Trinajstić information content (AvgIpc) is 2.63. The third-order valence-corrected chi connectivity index (χ3v) is 5.04. The maximum atomic E-state index is 12.2. The van der Waals surface area contributed by atoms with Crippen molar-refractivity contribution in [2.24, 2.45) is 5.92 Å². The van der Waals surface area contributed by atoms with Crippen LogP contribution in [-0.4, -0.2) is 30.2 Å². The molecule has 2 aromatic rings. The van der Waals surface area contributed by atoms with Crippen LogP contribution in [0.3, 0.4) is 0 Å². The number of carbonyl (C=O) groups excluding carboxylic acids is 1. The van der Waals surface area contributed by atoms with Gasteiger partial charge in [0.15, 0.2) is 0 Å². The Hall–Kier alpha value is -2.67. The van der Waals surface area contributed by atoms with Crippen molar-refractivity contribution in [1.29, 1.82) is 0 Å². The standard InChI is InChI=1S/C20H25N3O4/c1-3-12(2)8-16(25)22-15-7-5-4-6-13(15)9-21-17-18(20(27)19(17)26)23-10-14(24)11-23/h4-7,12,14,21,24H,3,8-11H2,1-2H3,(H,22,25). The number of β-amino-alcohol motifs (C(OH)–C–C–N with tert-alkyl or cyclic N) is 1. The van der Waals surface area contributed by atoms with Crippen molar-refractivity contribution < 1.29 is 9.90 Å². The Labute approximate surface area is 157 Å². The highest BCUT2D eigenvalue weighted by molar-refractivity contribution is 5.91. The molecule has 3 N–H and O–H groups in total. The fraction of sp³-hybridized carbons (Fsp3) is 0.450. The van der Waals surface area contributed by atoms with Gasteiger partial charge in [0.05, 0.1) is 6.10 Å². The number of benzene rings is 1. The molecular weight excluding hydrogens is 346 g/mol. The van der Waals surface area contributed by atoms with Gasteiger partial charge in [0.1, 0.15) is 11.4 Å². The molecule has 0 aromatic heterocycles. The van der Waals surface area contributed by atoms with Crippen LogP contribution in [0.2, 0.25) is 0 Å². The number of anilines is 3. The molecule has 27 heavy (non-hydrogen) atoms. The second kappa shape index (κ2) is 7.92. The molecule has 0 saturated carbocycles. The molecule has 1 aliphatic heterocycles. The number of aliphatic hydroxyl groups excluding tert-OH is 1. The SMILES string of the molecule is CCC(C)CC(=O)Nc1ccccc1CNc1c(N2CC(O)C2)c(=O)c1=O. The second-order valence-electron chi connectivity index (χ2n) is 7.22. The van der Waals surface area contributed by atoms with E-state index >= 15 is 0 Å². The fourth-order valence-electron chi connectivity index (χ4n) is 3.13. The zero-order valence-electron chi connectivity index (χ0n) is 15.6. The van der Waals surface area contributed by atoms with Crippen LogP contribution in [0.1, 0.15) is 32.3 Å². The van der Waals surface area contributed by atoms with Gasteiger partial charge in [-0.15, -0.1) is 0 Å². The van der Waals surface area contributed by atoms with Crippen molar-refractivity contribution in [1.82, 2.24) is 0 Å². The Morgan fingerprint density at radius 1 is 1.26 bits per heavy atom. The van der Waals surface area contributed by atoms with Crippen LogP contribution in [0.5, 0.6) is 0 Å². The smallest absolute Gasteiger partial charge is 0.253 e. The van der Waals surface area contributed by atoms with E-state index in [0.717, 1.165) is 12.0 Å². The summed E-state index contributed by atoms with van der Waals surface area (Å²) in [6, 6.07) is 7.38. The number of para-hydroxylation sites is 1. The molecule has 0 bridgehead atoms. The normalized spacial score (nSPS) is 15.4. The molecule has 7 nitrogen and oxygen atoms in total. The number of carbonyl (C=O) groups is 1. The van der Waals surface area contributed by atoms with E-state index in [9.17, 15) is 19.5 Å². The summed E-state index contributed by atoms with van der Waals surface area (Å²) >= 11 is 0. The summed E-state index contributed by atoms with van der Waals surface area (Å²) in [6.45, 7) is 5.12. The number of amides is 1. The molecule has 1 heterocycles. The molecule has 1 unspecified atom stereocenters. The van der Waals surface area contributed by atoms with Crippen LogP contribution in [0.4, 0.5) is 17.1 Å². The number of nitrogens with zero attached hydrogens (tertiary/aromatic N) is 1. The van der Waals surface area contributed by atoms with Crippen LogP contribution >= 0.6 is 0 Å². The summed E-state index contributed by atoms with van der Waals surface area (Å²) < 4.78 is 0. The molecule has 1 aliphatic rings. The van der Waals surface area contributed by atoms with E-state index in [1.165, 1.54) is 0 Å². The highest BCUT2D eigenvalue weighted by Crippen LogP contribution is 2.26. The topological polar surface area (TPSA) is 98.7 Å². The lowest BCUT2D eigenvalue weighted by Crippen LogP contribution is -2.56. The van der Waals surface area contributed by atoms with E-state index < -0.39 is 17.0 Å². The van der Waals surface area contributed by atoms with Gasteiger partial charge in [0, 0.05) is 31.7 Å². The zero-order valence-corrected chi connectivity index (χ0v) is 15.6. The molecule has 3 rings (SSSR count). The average molecular weight is 371 g/mol. The summed E-state index contributed by atoms with van der Waals surface area (Å²) in [5.41, 5.74) is 1.11. The van der Waals surface area contributed by atoms with E-state index in [1.54, 1.807) is 4.90 Å². The first kappa shape index (κ1) is 19.1. The summed E-state index contributed by atoms with van der Waals surface area (Å²) in [7, 11) is 0. The molecule has 1 atom stereocenters. The molecule has 0 radical (unpaired) electrons. The molecule has 0 aliphatic carbocycles. The first-order chi connectivity index (χ1) is 12.9. The van der Waals surface area contributed by atoms with E-state index in [2.05, 4.69) is 17.6 Å². The second-order valence-corrected chi connectivity index (χ2v) is 7.22. The molecule has 2 aromatic carbocycles. The summed E-state index contributed by atoms with van der Waals surface area (Å²) in [4.78, 5) is 37.6. The maximum absolute atomic E-state index is 12.2. The van der Waals surface area contributed by atoms with Crippen LogP contribution in [0.15, 0.2) is 33.9 Å². The van der Waals surface area contributed by atoms with Gasteiger partial charge in [-0.2, -0.15) is 0 Å². The molecule has 1 fully saturated rings. The lowest BCUT2D eigenvalue weighted by atomic mass is 10.0. The number of hydrogen-bond donors (Lipinski definition) is 3. The van der Waals surface area contributed by atoms with Gasteiger partial charge in [-0.1, -0.05) is 38.5 Å². The van der Waals surface area contributed by atoms with Crippen molar-refractivity contribution in [2.45, 2.75) is 39.3 Å². The number of nitrogens with one attached hydrogen (secondary N) is 2. The van der Waals surface area contributed by atoms with Gasteiger partial charge >= 0.3 is 0 Å². The molecule has 1 saturated heterocycles. The van der Waals surface area contributed by atoms with Crippen LogP contribution in [0, 0.1) is 5.92 Å². The van der Waals surface area contributed by atoms with Crippen molar-refractivity contribution in [2.75, 3.05) is 28.6 Å². The molecule has 0 spiro atoms. The molecular formula is C20H25N3O4. The van der Waals surface area contributed by atoms with Crippen molar-refractivity contribution in [3.05, 3.63) is 50.3 Å². The Morgan fingerprint density at radius 3 is 2.63 bits per heavy atom. The molecule has 144 valence electrons. The van der Waals surface area contributed by atoms with Gasteiger partial charge in [-0.25, -0.2) is 0 Å². The third kappa shape index (κ3) is 4.03. The molecule has 1 amide bonds. The highest BCUT2D eigenvalue weighted by atomic mass is 16.3. The number of aliphatic hydroxyl groups is 1. The van der Waals surface area contributed by atoms with Crippen LogP contribution in [0.25, 0.3) is 0 Å². The van der Waals surface area contributed by atoms with Crippen molar-refractivity contribution >= 4 is 23.0 Å². The third-order valence-electron chi connectivity index (χ3n) is 5.04. The van der Waals surface area contributed by atoms with Gasteiger partial charge in [-0.3, -0.25) is 14.4 Å². The maximum Gasteiger partial charge on any atom is 0.253 e. The van der Waals surface area contributed by atoms with Crippen molar-refractivity contribution in [3.8, 4) is 0 Å². The lowest BCUT2D eigenvalue weighted by Gasteiger charge is -2.39. The fourth-order valence-corrected chi connectivity index (χ4v) is 3.13. The monoisotopic (exact) mass is 371 g/mol. The van der Waals surface area contributed by atoms with E-state index in [0.29, 0.717) is 43.3 Å². The Bertz CT molecular complexity index is 895. The Kier molecular flexibility index (Phi) is 5.60. The quantitative estimate of drug-likeness (QED) is 0.608. The predicted molar refractivity (Wildman–Crippen MR) is 106 cm³/mol. The highest BCUT2D eigenvalue weighted by Gasteiger charge is 2.33. The largest absolute Gasteiger partial charge is 0.389 e. The minimum atomic E-state index is -0.537. The van der Waals surface area contributed by atoms with Gasteiger partial charge in [0.25, 0.3) is 10.9 Å². The minimum Gasteiger partial charge on any atom is -0.389 e. The van der Waals surface area contributed by atoms with E-state index in [4.69, 9.17) is 0 Å². The van der Waals surface area contributed by atoms with Gasteiger partial charge in [-0.05, 0) is 17.5 Å². The summed E-state index contributed by atoms with van der Waals surface area (Å²) in [6.07, 6.45) is 0.941. The van der Waals surface area contributed by atoms with Crippen molar-refractivity contribution in [3.63, 3.8) is 0 Å².